The highest BCUT2D eigenvalue weighted by atomic mass is 32.2. The van der Waals surface area contributed by atoms with Gasteiger partial charge in [-0.15, -0.1) is 0 Å². The third kappa shape index (κ3) is 20.8. The van der Waals surface area contributed by atoms with E-state index in [1.807, 2.05) is 0 Å². The van der Waals surface area contributed by atoms with Crippen LogP contribution in [0.25, 0.3) is 0 Å². The summed E-state index contributed by atoms with van der Waals surface area (Å²) in [7, 11) is -4.16. The van der Waals surface area contributed by atoms with Crippen molar-refractivity contribution in [3.8, 4) is 5.75 Å². The number of alkyl halides is 1. The predicted molar refractivity (Wildman–Crippen MR) is 159 cm³/mol. The monoisotopic (exact) mass is 556 g/mol. The molecule has 0 aliphatic carbocycles. The second-order valence-corrected chi connectivity index (χ2v) is 12.5. The third-order valence-electron chi connectivity index (χ3n) is 7.42. The molecule has 1 N–H and O–H groups in total. The first-order chi connectivity index (χ1) is 18.4. The van der Waals surface area contributed by atoms with Gasteiger partial charge in [0.05, 0.1) is 11.5 Å². The van der Waals surface area contributed by atoms with Crippen molar-refractivity contribution in [1.29, 1.82) is 0 Å². The molecule has 1 atom stereocenters. The SMILES string of the molecule is CCCCCCCCCCCCCCCCCC(F)CCCCCCCCOc1ccc(S(=O)(=O)O)cc1. The van der Waals surface area contributed by atoms with Crippen LogP contribution in [0.1, 0.15) is 155 Å². The van der Waals surface area contributed by atoms with E-state index >= 15 is 0 Å². The lowest BCUT2D eigenvalue weighted by atomic mass is 10.0. The highest BCUT2D eigenvalue weighted by Crippen LogP contribution is 2.19. The summed E-state index contributed by atoms with van der Waals surface area (Å²) in [6.45, 7) is 2.85. The predicted octanol–water partition coefficient (Wildman–Crippen LogP) is 10.6. The first kappa shape index (κ1) is 34.9. The Hall–Kier alpha value is -1.14. The van der Waals surface area contributed by atoms with Gasteiger partial charge in [-0.1, -0.05) is 135 Å². The van der Waals surface area contributed by atoms with Crippen LogP contribution in [-0.4, -0.2) is 25.7 Å². The van der Waals surface area contributed by atoms with Gasteiger partial charge in [-0.3, -0.25) is 4.55 Å². The number of ether oxygens (including phenoxy) is 1. The van der Waals surface area contributed by atoms with Crippen LogP contribution < -0.4 is 4.74 Å². The molecule has 0 saturated heterocycles. The van der Waals surface area contributed by atoms with Crippen molar-refractivity contribution in [2.75, 3.05) is 6.61 Å². The molecule has 0 aliphatic heterocycles. The lowest BCUT2D eigenvalue weighted by Crippen LogP contribution is -2.00. The molecule has 0 fully saturated rings. The smallest absolute Gasteiger partial charge is 0.294 e. The molecule has 0 spiro atoms. The van der Waals surface area contributed by atoms with Crippen LogP contribution in [-0.2, 0) is 10.1 Å². The number of rotatable bonds is 27. The summed E-state index contributed by atoms with van der Waals surface area (Å²) in [4.78, 5) is -0.129. The van der Waals surface area contributed by atoms with Crippen molar-refractivity contribution in [2.45, 2.75) is 166 Å². The van der Waals surface area contributed by atoms with E-state index in [0.717, 1.165) is 51.4 Å². The van der Waals surface area contributed by atoms with E-state index < -0.39 is 16.3 Å². The number of halogens is 1. The summed E-state index contributed by atoms with van der Waals surface area (Å²) < 4.78 is 50.8. The van der Waals surface area contributed by atoms with E-state index in [-0.39, 0.29) is 4.90 Å². The Morgan fingerprint density at radius 1 is 0.632 bits per heavy atom. The van der Waals surface area contributed by atoms with Crippen LogP contribution in [0.4, 0.5) is 4.39 Å². The van der Waals surface area contributed by atoms with Crippen LogP contribution in [0, 0.1) is 0 Å². The van der Waals surface area contributed by atoms with Gasteiger partial charge in [0.1, 0.15) is 11.9 Å². The molecule has 6 heteroatoms. The van der Waals surface area contributed by atoms with E-state index in [1.165, 1.54) is 102 Å². The fourth-order valence-corrected chi connectivity index (χ4v) is 5.43. The Bertz CT molecular complexity index is 751. The Labute approximate surface area is 234 Å². The Balaban J connectivity index is 1.79. The van der Waals surface area contributed by atoms with Gasteiger partial charge >= 0.3 is 0 Å². The van der Waals surface area contributed by atoms with Crippen molar-refractivity contribution in [3.63, 3.8) is 0 Å². The van der Waals surface area contributed by atoms with E-state index in [9.17, 15) is 12.8 Å². The third-order valence-corrected chi connectivity index (χ3v) is 8.29. The van der Waals surface area contributed by atoms with Gasteiger partial charge in [0.2, 0.25) is 0 Å². The van der Waals surface area contributed by atoms with E-state index in [0.29, 0.717) is 18.8 Å². The highest BCUT2D eigenvalue weighted by Gasteiger charge is 2.09. The van der Waals surface area contributed by atoms with Crippen molar-refractivity contribution in [2.24, 2.45) is 0 Å². The molecule has 1 unspecified atom stereocenters. The van der Waals surface area contributed by atoms with Gasteiger partial charge in [0, 0.05) is 0 Å². The Morgan fingerprint density at radius 2 is 1.00 bits per heavy atom. The average Bonchev–Trinajstić information content (AvgIpc) is 2.89. The van der Waals surface area contributed by atoms with E-state index in [4.69, 9.17) is 9.29 Å². The first-order valence-corrected chi connectivity index (χ1v) is 17.2. The number of benzene rings is 1. The fourth-order valence-electron chi connectivity index (χ4n) is 4.95. The van der Waals surface area contributed by atoms with Crippen LogP contribution in [0.5, 0.6) is 5.75 Å². The zero-order valence-corrected chi connectivity index (χ0v) is 25.1. The summed E-state index contributed by atoms with van der Waals surface area (Å²) in [5.74, 6) is 0.598. The number of hydrogen-bond acceptors (Lipinski definition) is 3. The molecule has 1 aromatic carbocycles. The van der Waals surface area contributed by atoms with Gasteiger partial charge in [-0.25, -0.2) is 4.39 Å². The van der Waals surface area contributed by atoms with Crippen LogP contribution in [0.15, 0.2) is 29.2 Å². The van der Waals surface area contributed by atoms with Gasteiger partial charge in [-0.05, 0) is 43.5 Å². The molecule has 4 nitrogen and oxygen atoms in total. The standard InChI is InChI=1S/C32H57FO4S/c1-2-3-4-5-6-7-8-9-10-11-12-13-14-17-20-23-30(33)24-21-18-15-16-19-22-29-37-31-25-27-32(28-26-31)38(34,35)36/h25-28,30H,2-24,29H2,1H3,(H,34,35,36). The zero-order valence-electron chi connectivity index (χ0n) is 24.3. The summed E-state index contributed by atoms with van der Waals surface area (Å²) in [5.41, 5.74) is 0. The second-order valence-electron chi connectivity index (χ2n) is 11.0. The molecule has 0 saturated carbocycles. The molecule has 0 aliphatic rings. The highest BCUT2D eigenvalue weighted by molar-refractivity contribution is 7.85. The number of unbranched alkanes of at least 4 members (excludes halogenated alkanes) is 19. The molecule has 0 amide bonds. The molecule has 0 aromatic heterocycles. The lowest BCUT2D eigenvalue weighted by molar-refractivity contribution is 0.278. The summed E-state index contributed by atoms with van der Waals surface area (Å²) >= 11 is 0. The Morgan fingerprint density at radius 3 is 1.39 bits per heavy atom. The van der Waals surface area contributed by atoms with E-state index in [2.05, 4.69) is 6.92 Å². The van der Waals surface area contributed by atoms with E-state index in [1.54, 1.807) is 12.1 Å². The average molecular weight is 557 g/mol. The number of hydrogen-bond donors (Lipinski definition) is 1. The van der Waals surface area contributed by atoms with Crippen molar-refractivity contribution in [1.82, 2.24) is 0 Å². The first-order valence-electron chi connectivity index (χ1n) is 15.8. The fraction of sp³-hybridized carbons (Fsp3) is 0.812. The molecular weight excluding hydrogens is 499 g/mol. The minimum atomic E-state index is -4.16. The molecule has 1 aromatic rings. The summed E-state index contributed by atoms with van der Waals surface area (Å²) in [6, 6.07) is 5.78. The molecule has 0 heterocycles. The minimum Gasteiger partial charge on any atom is -0.494 e. The molecule has 222 valence electrons. The van der Waals surface area contributed by atoms with Crippen LogP contribution in [0.2, 0.25) is 0 Å². The second kappa shape index (κ2) is 23.7. The summed E-state index contributed by atoms with van der Waals surface area (Å²) in [5, 5.41) is 0. The normalized spacial score (nSPS) is 12.6. The molecular formula is C32H57FO4S. The van der Waals surface area contributed by atoms with Crippen LogP contribution in [0.3, 0.4) is 0 Å². The lowest BCUT2D eigenvalue weighted by Gasteiger charge is -2.09. The quantitative estimate of drug-likeness (QED) is 0.0864. The zero-order chi connectivity index (χ0) is 27.7. The van der Waals surface area contributed by atoms with Crippen molar-refractivity contribution < 1.29 is 22.1 Å². The van der Waals surface area contributed by atoms with Gasteiger partial charge in [0.25, 0.3) is 10.1 Å². The van der Waals surface area contributed by atoms with Gasteiger partial charge in [0.15, 0.2) is 0 Å². The maximum atomic E-state index is 14.1. The molecule has 0 radical (unpaired) electrons. The van der Waals surface area contributed by atoms with Gasteiger partial charge < -0.3 is 4.74 Å². The maximum absolute atomic E-state index is 14.1. The van der Waals surface area contributed by atoms with Crippen molar-refractivity contribution >= 4 is 10.1 Å². The maximum Gasteiger partial charge on any atom is 0.294 e. The molecule has 38 heavy (non-hydrogen) atoms. The molecule has 1 rings (SSSR count). The minimum absolute atomic E-state index is 0.129. The largest absolute Gasteiger partial charge is 0.494 e. The Kier molecular flexibility index (Phi) is 21.8. The summed E-state index contributed by atoms with van der Waals surface area (Å²) in [6.07, 6.45) is 27.4. The van der Waals surface area contributed by atoms with Gasteiger partial charge in [-0.2, -0.15) is 8.42 Å². The van der Waals surface area contributed by atoms with Crippen LogP contribution >= 0.6 is 0 Å². The topological polar surface area (TPSA) is 63.6 Å². The van der Waals surface area contributed by atoms with Crippen molar-refractivity contribution in [3.05, 3.63) is 24.3 Å². The molecule has 0 bridgehead atoms.